The predicted molar refractivity (Wildman–Crippen MR) is 117 cm³/mol. The summed E-state index contributed by atoms with van der Waals surface area (Å²) in [6.45, 7) is 4.38. The fourth-order valence-electron chi connectivity index (χ4n) is 4.88. The number of hydrogen-bond donors (Lipinski definition) is 0. The van der Waals surface area contributed by atoms with E-state index in [4.69, 9.17) is 18.9 Å². The molecule has 0 aliphatic carbocycles. The summed E-state index contributed by atoms with van der Waals surface area (Å²) in [5.41, 5.74) is 3.74. The highest BCUT2D eigenvalue weighted by Crippen LogP contribution is 2.44. The van der Waals surface area contributed by atoms with E-state index >= 15 is 0 Å². The maximum atomic E-state index is 5.65. The van der Waals surface area contributed by atoms with E-state index in [1.54, 1.807) is 28.4 Å². The number of hydrazine groups is 1. The molecule has 1 fully saturated rings. The molecule has 0 radical (unpaired) electrons. The number of ether oxygens (including phenoxy) is 4. The number of benzene rings is 2. The maximum Gasteiger partial charge on any atom is 0.161 e. The average Bonchev–Trinajstić information content (AvgIpc) is 3.22. The van der Waals surface area contributed by atoms with Crippen LogP contribution in [0.5, 0.6) is 23.0 Å². The summed E-state index contributed by atoms with van der Waals surface area (Å²) < 4.78 is 22.3. The molecule has 6 heteroatoms. The largest absolute Gasteiger partial charge is 0.493 e. The van der Waals surface area contributed by atoms with Crippen LogP contribution in [-0.2, 0) is 6.42 Å². The van der Waals surface area contributed by atoms with Crippen molar-refractivity contribution >= 4 is 0 Å². The van der Waals surface area contributed by atoms with Crippen molar-refractivity contribution in [3.05, 3.63) is 47.0 Å². The Balaban J connectivity index is 1.86. The zero-order chi connectivity index (χ0) is 21.3. The summed E-state index contributed by atoms with van der Waals surface area (Å²) in [4.78, 5) is 0. The summed E-state index contributed by atoms with van der Waals surface area (Å²) in [5.74, 6) is 3.03. The monoisotopic (exact) mass is 412 g/mol. The van der Waals surface area contributed by atoms with Crippen LogP contribution in [0.3, 0.4) is 0 Å². The van der Waals surface area contributed by atoms with E-state index in [1.165, 1.54) is 29.5 Å². The van der Waals surface area contributed by atoms with Crippen molar-refractivity contribution < 1.29 is 18.9 Å². The summed E-state index contributed by atoms with van der Waals surface area (Å²) in [6, 6.07) is 11.1. The van der Waals surface area contributed by atoms with E-state index in [1.807, 2.05) is 6.07 Å². The van der Waals surface area contributed by atoms with Crippen molar-refractivity contribution in [2.24, 2.45) is 0 Å². The quantitative estimate of drug-likeness (QED) is 0.713. The summed E-state index contributed by atoms with van der Waals surface area (Å²) >= 11 is 0. The van der Waals surface area contributed by atoms with Gasteiger partial charge in [0.2, 0.25) is 0 Å². The van der Waals surface area contributed by atoms with Crippen molar-refractivity contribution in [3.8, 4) is 23.0 Å². The van der Waals surface area contributed by atoms with Crippen LogP contribution in [0.1, 0.15) is 42.5 Å². The van der Waals surface area contributed by atoms with E-state index in [0.717, 1.165) is 42.5 Å². The normalized spacial score (nSPS) is 21.9. The molecule has 0 unspecified atom stereocenters. The molecule has 2 aliphatic heterocycles. The molecule has 0 spiro atoms. The Morgan fingerprint density at radius 3 is 2.07 bits per heavy atom. The average molecular weight is 413 g/mol. The third-order valence-corrected chi connectivity index (χ3v) is 6.42. The second kappa shape index (κ2) is 8.74. The highest BCUT2D eigenvalue weighted by atomic mass is 16.5. The lowest BCUT2D eigenvalue weighted by Crippen LogP contribution is -2.49. The molecule has 1 saturated heterocycles. The fraction of sp³-hybridized carbons (Fsp3) is 0.500. The highest BCUT2D eigenvalue weighted by molar-refractivity contribution is 5.53. The first-order chi connectivity index (χ1) is 14.6. The fourth-order valence-corrected chi connectivity index (χ4v) is 4.88. The topological polar surface area (TPSA) is 43.4 Å². The molecule has 2 aromatic rings. The van der Waals surface area contributed by atoms with Crippen molar-refractivity contribution in [1.29, 1.82) is 0 Å². The molecule has 2 atom stereocenters. The van der Waals surface area contributed by atoms with Gasteiger partial charge in [0.15, 0.2) is 23.0 Å². The molecule has 0 aromatic heterocycles. The summed E-state index contributed by atoms with van der Waals surface area (Å²) in [7, 11) is 6.74. The van der Waals surface area contributed by atoms with Crippen LogP contribution in [0, 0.1) is 0 Å². The van der Waals surface area contributed by atoms with Crippen LogP contribution in [0.2, 0.25) is 0 Å². The lowest BCUT2D eigenvalue weighted by Gasteiger charge is -2.44. The standard InChI is InChI=1S/C24H32N2O4/c1-16-7-6-11-25(16)26-12-10-17-13-22(29-4)23(30-5)15-19(17)24(26)18-8-9-20(27-2)21(14-18)28-3/h8-9,13-16,24H,6-7,10-12H2,1-5H3/t16-,24-/m1/s1. The van der Waals surface area contributed by atoms with Gasteiger partial charge in [-0.1, -0.05) is 6.07 Å². The molecule has 0 amide bonds. The molecule has 0 bridgehead atoms. The molecule has 162 valence electrons. The molecule has 0 N–H and O–H groups in total. The zero-order valence-electron chi connectivity index (χ0n) is 18.6. The Morgan fingerprint density at radius 2 is 1.43 bits per heavy atom. The van der Waals surface area contributed by atoms with Gasteiger partial charge in [0.1, 0.15) is 0 Å². The second-order valence-corrected chi connectivity index (χ2v) is 7.99. The summed E-state index contributed by atoms with van der Waals surface area (Å²) in [5, 5.41) is 5.08. The molecule has 2 aromatic carbocycles. The van der Waals surface area contributed by atoms with E-state index in [0.29, 0.717) is 6.04 Å². The number of methoxy groups -OCH3 is 4. The van der Waals surface area contributed by atoms with Crippen LogP contribution in [-0.4, -0.2) is 57.6 Å². The van der Waals surface area contributed by atoms with Crippen LogP contribution in [0.25, 0.3) is 0 Å². The lowest BCUT2D eigenvalue weighted by atomic mass is 9.88. The maximum absolute atomic E-state index is 5.65. The molecule has 0 saturated carbocycles. The van der Waals surface area contributed by atoms with Crippen molar-refractivity contribution in [3.63, 3.8) is 0 Å². The zero-order valence-corrected chi connectivity index (χ0v) is 18.6. The van der Waals surface area contributed by atoms with Gasteiger partial charge in [-0.2, -0.15) is 0 Å². The summed E-state index contributed by atoms with van der Waals surface area (Å²) in [6.07, 6.45) is 3.44. The minimum atomic E-state index is 0.0777. The molecule has 2 heterocycles. The van der Waals surface area contributed by atoms with Crippen LogP contribution in [0.15, 0.2) is 30.3 Å². The van der Waals surface area contributed by atoms with E-state index < -0.39 is 0 Å². The second-order valence-electron chi connectivity index (χ2n) is 7.99. The minimum Gasteiger partial charge on any atom is -0.493 e. The van der Waals surface area contributed by atoms with Crippen LogP contribution in [0.4, 0.5) is 0 Å². The molecule has 2 aliphatic rings. The number of hydrogen-bond acceptors (Lipinski definition) is 6. The van der Waals surface area contributed by atoms with Gasteiger partial charge in [0, 0.05) is 19.1 Å². The number of nitrogens with zero attached hydrogens (tertiary/aromatic N) is 2. The first-order valence-electron chi connectivity index (χ1n) is 10.6. The predicted octanol–water partition coefficient (Wildman–Crippen LogP) is 4.07. The molecule has 6 nitrogen and oxygen atoms in total. The molecule has 30 heavy (non-hydrogen) atoms. The molecular formula is C24H32N2O4. The Bertz CT molecular complexity index is 901. The van der Waals surface area contributed by atoms with Crippen molar-refractivity contribution in [1.82, 2.24) is 10.0 Å². The van der Waals surface area contributed by atoms with Gasteiger partial charge < -0.3 is 18.9 Å². The van der Waals surface area contributed by atoms with Gasteiger partial charge in [0.25, 0.3) is 0 Å². The first-order valence-corrected chi connectivity index (χ1v) is 10.6. The van der Waals surface area contributed by atoms with Crippen molar-refractivity contribution in [2.45, 2.75) is 38.3 Å². The van der Waals surface area contributed by atoms with E-state index in [-0.39, 0.29) is 6.04 Å². The van der Waals surface area contributed by atoms with Gasteiger partial charge >= 0.3 is 0 Å². The third-order valence-electron chi connectivity index (χ3n) is 6.42. The smallest absolute Gasteiger partial charge is 0.161 e. The van der Waals surface area contributed by atoms with E-state index in [2.05, 4.69) is 41.2 Å². The Morgan fingerprint density at radius 1 is 0.767 bits per heavy atom. The van der Waals surface area contributed by atoms with Gasteiger partial charge in [-0.15, -0.1) is 0 Å². The third kappa shape index (κ3) is 3.59. The molecule has 4 rings (SSSR count). The van der Waals surface area contributed by atoms with E-state index in [9.17, 15) is 0 Å². The Hall–Kier alpha value is -2.44. The SMILES string of the molecule is COc1ccc([C@@H]2c3cc(OC)c(OC)cc3CCN2N2CCC[C@H]2C)cc1OC. The number of fused-ring (bicyclic) bond motifs is 1. The highest BCUT2D eigenvalue weighted by Gasteiger charge is 2.37. The van der Waals surface area contributed by atoms with Crippen molar-refractivity contribution in [2.75, 3.05) is 41.5 Å². The Labute approximate surface area is 179 Å². The molecular weight excluding hydrogens is 380 g/mol. The minimum absolute atomic E-state index is 0.0777. The lowest BCUT2D eigenvalue weighted by molar-refractivity contribution is -0.0613. The van der Waals surface area contributed by atoms with Gasteiger partial charge in [-0.05, 0) is 67.1 Å². The van der Waals surface area contributed by atoms with Crippen LogP contribution < -0.4 is 18.9 Å². The van der Waals surface area contributed by atoms with Crippen LogP contribution >= 0.6 is 0 Å². The van der Waals surface area contributed by atoms with Gasteiger partial charge in [0.05, 0.1) is 34.5 Å². The first kappa shape index (κ1) is 20.8. The van der Waals surface area contributed by atoms with Gasteiger partial charge in [-0.3, -0.25) is 0 Å². The number of rotatable bonds is 6. The van der Waals surface area contributed by atoms with Gasteiger partial charge in [-0.25, -0.2) is 10.0 Å². The Kier molecular flexibility index (Phi) is 6.06.